The summed E-state index contributed by atoms with van der Waals surface area (Å²) in [5.41, 5.74) is 0.599. The van der Waals surface area contributed by atoms with Gasteiger partial charge in [0.05, 0.1) is 13.2 Å². The predicted octanol–water partition coefficient (Wildman–Crippen LogP) is 4.33. The molecule has 0 spiro atoms. The average Bonchev–Trinajstić information content (AvgIpc) is 2.61. The van der Waals surface area contributed by atoms with Gasteiger partial charge in [-0.05, 0) is 50.5 Å². The molecule has 158 valence electrons. The maximum absolute atomic E-state index is 12.6. The molecule has 0 radical (unpaired) electrons. The molecule has 0 saturated carbocycles. The van der Waals surface area contributed by atoms with E-state index in [0.717, 1.165) is 4.47 Å². The Labute approximate surface area is 174 Å². The van der Waals surface area contributed by atoms with Crippen LogP contribution >= 0.6 is 23.5 Å². The second-order valence-electron chi connectivity index (χ2n) is 6.43. The SMILES string of the molecule is CCOP(=O)(CNC(=O)[C@H](CC(C)C)NC(=O)Nc1ccc(Br)cc1)OCC. The molecule has 8 nitrogen and oxygen atoms in total. The maximum Gasteiger partial charge on any atom is 0.349 e. The van der Waals surface area contributed by atoms with E-state index in [9.17, 15) is 14.2 Å². The molecule has 0 bridgehead atoms. The van der Waals surface area contributed by atoms with E-state index >= 15 is 0 Å². The molecule has 0 aliphatic heterocycles. The van der Waals surface area contributed by atoms with Gasteiger partial charge in [-0.15, -0.1) is 0 Å². The third-order valence-corrected chi connectivity index (χ3v) is 5.91. The lowest BCUT2D eigenvalue weighted by molar-refractivity contribution is -0.123. The first-order valence-electron chi connectivity index (χ1n) is 9.18. The van der Waals surface area contributed by atoms with Crippen LogP contribution in [0, 0.1) is 5.92 Å². The van der Waals surface area contributed by atoms with Crippen LogP contribution in [0.5, 0.6) is 0 Å². The van der Waals surface area contributed by atoms with E-state index in [2.05, 4.69) is 31.9 Å². The number of anilines is 1. The van der Waals surface area contributed by atoms with Crippen molar-refractivity contribution in [2.24, 2.45) is 5.92 Å². The summed E-state index contributed by atoms with van der Waals surface area (Å²) >= 11 is 3.33. The third-order valence-electron chi connectivity index (χ3n) is 3.53. The molecule has 0 heterocycles. The molecular formula is C18H29BrN3O5P. The Morgan fingerprint density at radius 1 is 1.11 bits per heavy atom. The van der Waals surface area contributed by atoms with Crippen molar-refractivity contribution in [1.29, 1.82) is 0 Å². The number of halogens is 1. The highest BCUT2D eigenvalue weighted by atomic mass is 79.9. The van der Waals surface area contributed by atoms with Crippen LogP contribution in [-0.4, -0.2) is 37.5 Å². The second kappa shape index (κ2) is 12.2. The molecule has 1 aromatic rings. The van der Waals surface area contributed by atoms with E-state index in [-0.39, 0.29) is 25.4 Å². The zero-order valence-electron chi connectivity index (χ0n) is 16.7. The molecule has 0 aliphatic carbocycles. The first-order chi connectivity index (χ1) is 13.2. The van der Waals surface area contributed by atoms with E-state index in [1.165, 1.54) is 0 Å². The number of carbonyl (C=O) groups excluding carboxylic acids is 2. The number of hydrogen-bond donors (Lipinski definition) is 3. The molecule has 0 aromatic heterocycles. The van der Waals surface area contributed by atoms with Gasteiger partial charge in [0.1, 0.15) is 12.3 Å². The van der Waals surface area contributed by atoms with Crippen LogP contribution in [0.2, 0.25) is 0 Å². The standard InChI is InChI=1S/C18H29BrN3O5P/c1-5-26-28(25,27-6-2)12-20-17(23)16(11-13(3)4)22-18(24)21-15-9-7-14(19)8-10-15/h7-10,13,16H,5-6,11-12H2,1-4H3,(H,20,23)(H2,21,22,24)/t16-/m0/s1. The molecule has 1 aromatic carbocycles. The average molecular weight is 478 g/mol. The van der Waals surface area contributed by atoms with Gasteiger partial charge in [0, 0.05) is 10.2 Å². The fraction of sp³-hybridized carbons (Fsp3) is 0.556. The normalized spacial score (nSPS) is 12.5. The van der Waals surface area contributed by atoms with E-state index in [4.69, 9.17) is 9.05 Å². The summed E-state index contributed by atoms with van der Waals surface area (Å²) in [5.74, 6) is -0.284. The highest BCUT2D eigenvalue weighted by molar-refractivity contribution is 9.10. The van der Waals surface area contributed by atoms with Crippen molar-refractivity contribution in [3.8, 4) is 0 Å². The van der Waals surface area contributed by atoms with Crippen LogP contribution in [0.15, 0.2) is 28.7 Å². The van der Waals surface area contributed by atoms with Gasteiger partial charge in [0.15, 0.2) is 0 Å². The maximum atomic E-state index is 12.6. The molecule has 0 aliphatic rings. The van der Waals surface area contributed by atoms with Crippen LogP contribution < -0.4 is 16.0 Å². The highest BCUT2D eigenvalue weighted by Gasteiger charge is 2.28. The largest absolute Gasteiger partial charge is 0.349 e. The third kappa shape index (κ3) is 9.19. The Bertz CT molecular complexity index is 674. The van der Waals surface area contributed by atoms with Gasteiger partial charge in [-0.25, -0.2) is 4.79 Å². The van der Waals surface area contributed by atoms with E-state index in [0.29, 0.717) is 12.1 Å². The van der Waals surface area contributed by atoms with Crippen LogP contribution in [0.4, 0.5) is 10.5 Å². The highest BCUT2D eigenvalue weighted by Crippen LogP contribution is 2.46. The number of rotatable bonds is 11. The minimum Gasteiger partial charge on any atom is -0.343 e. The molecule has 3 amide bonds. The summed E-state index contributed by atoms with van der Waals surface area (Å²) in [7, 11) is -3.41. The summed E-state index contributed by atoms with van der Waals surface area (Å²) < 4.78 is 23.7. The van der Waals surface area contributed by atoms with Crippen LogP contribution in [-0.2, 0) is 18.4 Å². The van der Waals surface area contributed by atoms with Crippen molar-refractivity contribution >= 4 is 41.2 Å². The molecule has 0 unspecified atom stereocenters. The lowest BCUT2D eigenvalue weighted by Gasteiger charge is -2.22. The fourth-order valence-corrected chi connectivity index (χ4v) is 4.04. The topological polar surface area (TPSA) is 106 Å². The molecule has 3 N–H and O–H groups in total. The van der Waals surface area contributed by atoms with Gasteiger partial charge in [-0.1, -0.05) is 29.8 Å². The molecule has 10 heteroatoms. The molecule has 1 rings (SSSR count). The van der Waals surface area contributed by atoms with Gasteiger partial charge in [0.25, 0.3) is 0 Å². The van der Waals surface area contributed by atoms with Gasteiger partial charge in [-0.2, -0.15) is 0 Å². The molecule has 28 heavy (non-hydrogen) atoms. The molecular weight excluding hydrogens is 449 g/mol. The number of benzene rings is 1. The molecule has 0 fully saturated rings. The smallest absolute Gasteiger partial charge is 0.343 e. The first-order valence-corrected chi connectivity index (χ1v) is 11.7. The van der Waals surface area contributed by atoms with Crippen LogP contribution in [0.25, 0.3) is 0 Å². The van der Waals surface area contributed by atoms with Crippen molar-refractivity contribution < 1.29 is 23.2 Å². The number of amides is 3. The Balaban J connectivity index is 2.71. The quantitative estimate of drug-likeness (QED) is 0.411. The first kappa shape index (κ1) is 24.6. The number of carbonyl (C=O) groups is 2. The van der Waals surface area contributed by atoms with E-state index < -0.39 is 25.6 Å². The van der Waals surface area contributed by atoms with Crippen molar-refractivity contribution in [2.45, 2.75) is 40.2 Å². The minimum atomic E-state index is -3.41. The van der Waals surface area contributed by atoms with Crippen molar-refractivity contribution in [2.75, 3.05) is 24.8 Å². The molecule has 0 saturated heterocycles. The van der Waals surface area contributed by atoms with Gasteiger partial charge in [0.2, 0.25) is 5.91 Å². The van der Waals surface area contributed by atoms with Gasteiger partial charge in [-0.3, -0.25) is 9.36 Å². The summed E-state index contributed by atoms with van der Waals surface area (Å²) in [6.07, 6.45) is 0.172. The van der Waals surface area contributed by atoms with Gasteiger partial charge >= 0.3 is 13.6 Å². The van der Waals surface area contributed by atoms with E-state index in [1.54, 1.807) is 38.1 Å². The monoisotopic (exact) mass is 477 g/mol. The molecule has 1 atom stereocenters. The zero-order chi connectivity index (χ0) is 21.2. The van der Waals surface area contributed by atoms with E-state index in [1.807, 2.05) is 13.8 Å². The van der Waals surface area contributed by atoms with Crippen molar-refractivity contribution in [3.63, 3.8) is 0 Å². The van der Waals surface area contributed by atoms with Crippen molar-refractivity contribution in [1.82, 2.24) is 10.6 Å². The van der Waals surface area contributed by atoms with Crippen LogP contribution in [0.3, 0.4) is 0 Å². The number of hydrogen-bond acceptors (Lipinski definition) is 5. The Morgan fingerprint density at radius 2 is 1.68 bits per heavy atom. The minimum absolute atomic E-state index is 0.161. The Morgan fingerprint density at radius 3 is 2.18 bits per heavy atom. The zero-order valence-corrected chi connectivity index (χ0v) is 19.1. The number of urea groups is 1. The van der Waals surface area contributed by atoms with Gasteiger partial charge < -0.3 is 25.0 Å². The summed E-state index contributed by atoms with van der Waals surface area (Å²) in [5, 5.41) is 7.93. The van der Waals surface area contributed by atoms with Crippen LogP contribution in [0.1, 0.15) is 34.1 Å². The lowest BCUT2D eigenvalue weighted by Crippen LogP contribution is -2.49. The number of nitrogens with one attached hydrogen (secondary N) is 3. The Kier molecular flexibility index (Phi) is 10.7. The lowest BCUT2D eigenvalue weighted by atomic mass is 10.0. The summed E-state index contributed by atoms with van der Waals surface area (Å²) in [6.45, 7) is 7.69. The summed E-state index contributed by atoms with van der Waals surface area (Å²) in [4.78, 5) is 24.9. The second-order valence-corrected chi connectivity index (χ2v) is 9.40. The summed E-state index contributed by atoms with van der Waals surface area (Å²) in [6, 6.07) is 5.79. The fourth-order valence-electron chi connectivity index (χ4n) is 2.38. The predicted molar refractivity (Wildman–Crippen MR) is 113 cm³/mol. The Hall–Kier alpha value is -1.41. The van der Waals surface area contributed by atoms with Crippen molar-refractivity contribution in [3.05, 3.63) is 28.7 Å².